The zero-order valence-electron chi connectivity index (χ0n) is 15.9. The van der Waals surface area contributed by atoms with Gasteiger partial charge in [0.2, 0.25) is 0 Å². The van der Waals surface area contributed by atoms with E-state index < -0.39 is 11.8 Å². The van der Waals surface area contributed by atoms with Crippen molar-refractivity contribution in [3.8, 4) is 11.3 Å². The van der Waals surface area contributed by atoms with Crippen molar-refractivity contribution in [1.29, 1.82) is 0 Å². The first-order valence-electron chi connectivity index (χ1n) is 8.98. The first-order valence-corrected chi connectivity index (χ1v) is 10.9. The lowest BCUT2D eigenvalue weighted by atomic mass is 10.1. The van der Waals surface area contributed by atoms with Crippen LogP contribution in [-0.2, 0) is 9.59 Å². The van der Waals surface area contributed by atoms with Crippen LogP contribution in [-0.4, -0.2) is 16.9 Å². The average Bonchev–Trinajstić information content (AvgIpc) is 3.19. The highest BCUT2D eigenvalue weighted by Gasteiger charge is 2.35. The number of rotatable bonds is 3. The van der Waals surface area contributed by atoms with Crippen LogP contribution in [0.3, 0.4) is 0 Å². The number of carbonyl (C=O) groups is 2. The van der Waals surface area contributed by atoms with Crippen LogP contribution in [0.25, 0.3) is 17.4 Å². The van der Waals surface area contributed by atoms with Gasteiger partial charge in [0.25, 0.3) is 11.8 Å². The molecule has 0 bridgehead atoms. The molecule has 0 spiro atoms. The number of hydrogen-bond donors (Lipinski definition) is 1. The quantitative estimate of drug-likeness (QED) is 0.248. The number of amides is 2. The maximum atomic E-state index is 13.2. The Morgan fingerprint density at radius 1 is 1.10 bits per heavy atom. The molecule has 1 fully saturated rings. The number of hydrogen-bond acceptors (Lipinski definition) is 4. The maximum absolute atomic E-state index is 13.2. The molecule has 156 valence electrons. The Morgan fingerprint density at radius 3 is 2.61 bits per heavy atom. The largest absolute Gasteiger partial charge is 0.457 e. The molecule has 4 rings (SSSR count). The van der Waals surface area contributed by atoms with E-state index in [0.717, 1.165) is 10.0 Å². The number of furan rings is 1. The third-order valence-electron chi connectivity index (χ3n) is 4.70. The van der Waals surface area contributed by atoms with Crippen molar-refractivity contribution in [2.75, 3.05) is 4.90 Å². The van der Waals surface area contributed by atoms with Gasteiger partial charge in [0, 0.05) is 15.1 Å². The monoisotopic (exact) mass is 534 g/mol. The second kappa shape index (κ2) is 8.59. The Balaban J connectivity index is 1.70. The van der Waals surface area contributed by atoms with Gasteiger partial charge in [-0.15, -0.1) is 0 Å². The molecule has 5 nitrogen and oxygen atoms in total. The second-order valence-electron chi connectivity index (χ2n) is 6.67. The van der Waals surface area contributed by atoms with Gasteiger partial charge in [-0.25, -0.2) is 0 Å². The lowest BCUT2D eigenvalue weighted by Gasteiger charge is -2.30. The number of anilines is 1. The van der Waals surface area contributed by atoms with Crippen LogP contribution >= 0.6 is 51.3 Å². The summed E-state index contributed by atoms with van der Waals surface area (Å²) < 4.78 is 6.59. The van der Waals surface area contributed by atoms with Crippen LogP contribution in [0.1, 0.15) is 11.3 Å². The smallest absolute Gasteiger partial charge is 0.270 e. The van der Waals surface area contributed by atoms with E-state index in [1.54, 1.807) is 43.3 Å². The second-order valence-corrected chi connectivity index (χ2v) is 8.73. The van der Waals surface area contributed by atoms with E-state index in [2.05, 4.69) is 21.2 Å². The van der Waals surface area contributed by atoms with Gasteiger partial charge in [-0.05, 0) is 83.1 Å². The Kier molecular flexibility index (Phi) is 6.03. The molecule has 2 aromatic carbocycles. The Bertz CT molecular complexity index is 1290. The summed E-state index contributed by atoms with van der Waals surface area (Å²) in [6.07, 6.45) is 1.39. The molecule has 2 heterocycles. The zero-order chi connectivity index (χ0) is 22.3. The number of nitrogens with zero attached hydrogens (tertiary/aromatic N) is 1. The molecule has 1 aliphatic rings. The molecule has 0 unspecified atom stereocenters. The number of carbonyl (C=O) groups excluding carboxylic acids is 2. The number of benzene rings is 2. The molecule has 0 aliphatic carbocycles. The van der Waals surface area contributed by atoms with Crippen LogP contribution in [0.5, 0.6) is 0 Å². The SMILES string of the molecule is Cc1c(Cl)cccc1N1C(=O)/C(=C/c2ccc(-c3ccc(Br)c(Cl)c3)o2)C(=O)NC1=S. The van der Waals surface area contributed by atoms with Crippen LogP contribution < -0.4 is 10.2 Å². The molecular formula is C22H13BrCl2N2O3S. The van der Waals surface area contributed by atoms with Crippen LogP contribution in [0.4, 0.5) is 5.69 Å². The summed E-state index contributed by atoms with van der Waals surface area (Å²) in [6, 6.07) is 13.9. The number of thiocarbonyl (C=S) groups is 1. The minimum atomic E-state index is -0.601. The number of nitrogens with one attached hydrogen (secondary N) is 1. The Morgan fingerprint density at radius 2 is 1.87 bits per heavy atom. The molecule has 0 saturated carbocycles. The highest BCUT2D eigenvalue weighted by molar-refractivity contribution is 9.10. The molecule has 1 aromatic heterocycles. The molecule has 3 aromatic rings. The van der Waals surface area contributed by atoms with E-state index in [4.69, 9.17) is 39.8 Å². The minimum absolute atomic E-state index is 0.0119. The first kappa shape index (κ1) is 21.8. The summed E-state index contributed by atoms with van der Waals surface area (Å²) >= 11 is 20.9. The zero-order valence-corrected chi connectivity index (χ0v) is 19.8. The molecule has 0 radical (unpaired) electrons. The summed E-state index contributed by atoms with van der Waals surface area (Å²) in [4.78, 5) is 26.9. The minimum Gasteiger partial charge on any atom is -0.457 e. The maximum Gasteiger partial charge on any atom is 0.270 e. The molecule has 1 N–H and O–H groups in total. The van der Waals surface area contributed by atoms with Crippen molar-refractivity contribution < 1.29 is 14.0 Å². The fourth-order valence-electron chi connectivity index (χ4n) is 3.09. The summed E-state index contributed by atoms with van der Waals surface area (Å²) in [5.41, 5.74) is 1.82. The standard InChI is InChI=1S/C22H13BrCl2N2O3S/c1-11-16(24)3-2-4-18(11)27-21(29)14(20(28)26-22(27)31)10-13-6-8-19(30-13)12-5-7-15(23)17(25)9-12/h2-10H,1H3,(H,26,28,31)/b14-10+. The van der Waals surface area contributed by atoms with E-state index in [0.29, 0.717) is 32.8 Å². The topological polar surface area (TPSA) is 62.6 Å². The van der Waals surface area contributed by atoms with E-state index in [9.17, 15) is 9.59 Å². The van der Waals surface area contributed by atoms with Crippen molar-refractivity contribution in [1.82, 2.24) is 5.32 Å². The first-order chi connectivity index (χ1) is 14.8. The summed E-state index contributed by atoms with van der Waals surface area (Å²) in [7, 11) is 0. The molecule has 31 heavy (non-hydrogen) atoms. The highest BCUT2D eigenvalue weighted by atomic mass is 79.9. The summed E-state index contributed by atoms with van der Waals surface area (Å²) in [5.74, 6) is -0.287. The third kappa shape index (κ3) is 4.19. The number of halogens is 3. The molecule has 0 atom stereocenters. The molecule has 2 amide bonds. The molecule has 9 heteroatoms. The lowest BCUT2D eigenvalue weighted by molar-refractivity contribution is -0.122. The van der Waals surface area contributed by atoms with Gasteiger partial charge in [0.1, 0.15) is 17.1 Å². The van der Waals surface area contributed by atoms with Crippen molar-refractivity contribution >= 4 is 80.0 Å². The summed E-state index contributed by atoms with van der Waals surface area (Å²) in [6.45, 7) is 1.77. The Hall–Kier alpha value is -2.45. The van der Waals surface area contributed by atoms with Crippen molar-refractivity contribution in [2.45, 2.75) is 6.92 Å². The van der Waals surface area contributed by atoms with Gasteiger partial charge in [0.05, 0.1) is 10.7 Å². The van der Waals surface area contributed by atoms with Gasteiger partial charge >= 0.3 is 0 Å². The average molecular weight is 536 g/mol. The van der Waals surface area contributed by atoms with Crippen molar-refractivity contribution in [2.24, 2.45) is 0 Å². The van der Waals surface area contributed by atoms with Gasteiger partial charge < -0.3 is 4.42 Å². The van der Waals surface area contributed by atoms with Gasteiger partial charge in [0.15, 0.2) is 5.11 Å². The van der Waals surface area contributed by atoms with Crippen molar-refractivity contribution in [3.05, 3.63) is 79.9 Å². The molecule has 1 aliphatic heterocycles. The van der Waals surface area contributed by atoms with Gasteiger partial charge in [-0.1, -0.05) is 35.3 Å². The van der Waals surface area contributed by atoms with Crippen molar-refractivity contribution in [3.63, 3.8) is 0 Å². The van der Waals surface area contributed by atoms with Crippen LogP contribution in [0.2, 0.25) is 10.0 Å². The normalized spacial score (nSPS) is 15.5. The summed E-state index contributed by atoms with van der Waals surface area (Å²) in [5, 5.41) is 3.56. The molecule has 1 saturated heterocycles. The third-order valence-corrected chi connectivity index (χ3v) is 6.63. The van der Waals surface area contributed by atoms with E-state index >= 15 is 0 Å². The van der Waals surface area contributed by atoms with E-state index in [1.807, 2.05) is 12.1 Å². The van der Waals surface area contributed by atoms with E-state index in [-0.39, 0.29) is 10.7 Å². The predicted molar refractivity (Wildman–Crippen MR) is 129 cm³/mol. The Labute approximate surface area is 201 Å². The predicted octanol–water partition coefficient (Wildman–Crippen LogP) is 6.16. The lowest BCUT2D eigenvalue weighted by Crippen LogP contribution is -2.54. The highest BCUT2D eigenvalue weighted by Crippen LogP contribution is 2.32. The van der Waals surface area contributed by atoms with Crippen LogP contribution in [0.15, 0.2) is 63.0 Å². The fraction of sp³-hybridized carbons (Fsp3) is 0.0455. The van der Waals surface area contributed by atoms with E-state index in [1.165, 1.54) is 11.0 Å². The van der Waals surface area contributed by atoms with Gasteiger partial charge in [-0.3, -0.25) is 19.8 Å². The van der Waals surface area contributed by atoms with Gasteiger partial charge in [-0.2, -0.15) is 0 Å². The van der Waals surface area contributed by atoms with Crippen LogP contribution in [0, 0.1) is 6.92 Å². The molecular weight excluding hydrogens is 523 g/mol. The fourth-order valence-corrected chi connectivity index (χ4v) is 3.96.